The number of anilines is 1. The number of hydrogen-bond donors (Lipinski definition) is 3. The molecule has 0 fully saturated rings. The molecule has 0 spiro atoms. The number of fused-ring (bicyclic) bond motifs is 1. The maximum absolute atomic E-state index is 5.47. The third-order valence-corrected chi connectivity index (χ3v) is 6.20. The van der Waals surface area contributed by atoms with Gasteiger partial charge in [0.2, 0.25) is 0 Å². The monoisotopic (exact) mass is 465 g/mol. The van der Waals surface area contributed by atoms with Gasteiger partial charge in [0, 0.05) is 22.9 Å². The first-order chi connectivity index (χ1) is 17.0. The maximum Gasteiger partial charge on any atom is 0.182 e. The predicted molar refractivity (Wildman–Crippen MR) is 139 cm³/mol. The number of pyridine rings is 1. The molecule has 0 saturated carbocycles. The number of nitrogens with one attached hydrogen (secondary N) is 1. The van der Waals surface area contributed by atoms with E-state index in [1.165, 1.54) is 5.56 Å². The lowest BCUT2D eigenvalue weighted by Gasteiger charge is -2.19. The van der Waals surface area contributed by atoms with Crippen LogP contribution < -0.4 is 22.0 Å². The lowest BCUT2D eigenvalue weighted by Crippen LogP contribution is -2.31. The average molecular weight is 466 g/mol. The summed E-state index contributed by atoms with van der Waals surface area (Å²) in [7, 11) is 0. The van der Waals surface area contributed by atoms with E-state index in [1.54, 1.807) is 6.33 Å². The number of hydrazone groups is 1. The van der Waals surface area contributed by atoms with Crippen molar-refractivity contribution < 1.29 is 0 Å². The number of aromatic nitrogens is 4. The van der Waals surface area contributed by atoms with Crippen molar-refractivity contribution in [3.63, 3.8) is 0 Å². The molecule has 9 nitrogen and oxygen atoms in total. The summed E-state index contributed by atoms with van der Waals surface area (Å²) in [5, 5.41) is 12.0. The van der Waals surface area contributed by atoms with E-state index in [4.69, 9.17) is 16.7 Å². The van der Waals surface area contributed by atoms with E-state index in [0.29, 0.717) is 12.4 Å². The molecule has 35 heavy (non-hydrogen) atoms. The van der Waals surface area contributed by atoms with Gasteiger partial charge in [0.1, 0.15) is 17.8 Å². The fourth-order valence-electron chi connectivity index (χ4n) is 4.31. The molecule has 0 aliphatic carbocycles. The predicted octanol–water partition coefficient (Wildman–Crippen LogP) is 3.66. The highest BCUT2D eigenvalue weighted by Gasteiger charge is 2.25. The highest BCUT2D eigenvalue weighted by Crippen LogP contribution is 2.37. The first-order valence-corrected chi connectivity index (χ1v) is 11.3. The van der Waals surface area contributed by atoms with E-state index < -0.39 is 0 Å². The maximum atomic E-state index is 5.47. The number of rotatable bonds is 5. The summed E-state index contributed by atoms with van der Waals surface area (Å²) in [4.78, 5) is 7.03. The van der Waals surface area contributed by atoms with Crippen molar-refractivity contribution in [2.75, 3.05) is 4.90 Å². The van der Waals surface area contributed by atoms with Gasteiger partial charge in [0.25, 0.3) is 0 Å². The van der Waals surface area contributed by atoms with Crippen LogP contribution in [0.4, 0.5) is 5.82 Å². The van der Waals surface area contributed by atoms with E-state index in [0.717, 1.165) is 45.3 Å². The van der Waals surface area contributed by atoms with Crippen molar-refractivity contribution in [3.05, 3.63) is 90.3 Å². The third kappa shape index (κ3) is 4.02. The van der Waals surface area contributed by atoms with Crippen LogP contribution in [0.1, 0.15) is 36.6 Å². The molecule has 0 amide bonds. The van der Waals surface area contributed by atoms with Crippen LogP contribution in [0.2, 0.25) is 0 Å². The molecule has 1 aliphatic rings. The van der Waals surface area contributed by atoms with Crippen molar-refractivity contribution >= 4 is 17.4 Å². The second kappa shape index (κ2) is 9.03. The average Bonchev–Trinajstić information content (AvgIpc) is 3.51. The molecule has 5 N–H and O–H groups in total. The van der Waals surface area contributed by atoms with Gasteiger partial charge in [-0.15, -0.1) is 10.2 Å². The Morgan fingerprint density at radius 1 is 1.09 bits per heavy atom. The van der Waals surface area contributed by atoms with Gasteiger partial charge in [0.05, 0.1) is 6.54 Å². The Bertz CT molecular complexity index is 1420. The van der Waals surface area contributed by atoms with Crippen molar-refractivity contribution in [3.8, 4) is 22.6 Å². The normalized spacial score (nSPS) is 13.4. The minimum absolute atomic E-state index is 0.240. The van der Waals surface area contributed by atoms with Crippen LogP contribution in [-0.4, -0.2) is 25.6 Å². The largest absolute Gasteiger partial charge is 0.322 e. The van der Waals surface area contributed by atoms with E-state index in [-0.39, 0.29) is 6.04 Å². The Kier molecular flexibility index (Phi) is 5.76. The zero-order chi connectivity index (χ0) is 24.5. The summed E-state index contributed by atoms with van der Waals surface area (Å²) in [5.41, 5.74) is 9.50. The smallest absolute Gasteiger partial charge is 0.182 e. The summed E-state index contributed by atoms with van der Waals surface area (Å²) < 4.78 is 2.02. The van der Waals surface area contributed by atoms with Crippen LogP contribution >= 0.6 is 0 Å². The zero-order valence-electron chi connectivity index (χ0n) is 19.7. The van der Waals surface area contributed by atoms with Gasteiger partial charge in [-0.1, -0.05) is 49.0 Å². The van der Waals surface area contributed by atoms with Crippen molar-refractivity contribution in [2.24, 2.45) is 16.8 Å². The van der Waals surface area contributed by atoms with Gasteiger partial charge in [-0.3, -0.25) is 0 Å². The van der Waals surface area contributed by atoms with Crippen LogP contribution in [0.3, 0.4) is 0 Å². The summed E-state index contributed by atoms with van der Waals surface area (Å²) in [6.45, 7) is 9.29. The molecule has 3 heterocycles. The fraction of sp³-hybridized carbons (Fsp3) is 0.154. The van der Waals surface area contributed by atoms with Gasteiger partial charge in [-0.25, -0.2) is 10.8 Å². The van der Waals surface area contributed by atoms with E-state index in [2.05, 4.69) is 64.2 Å². The SMILES string of the molecule is C=C1c2cc(-c3ccc(/C(=N/N)NN)cc3)ccc2CN1c1cccc(-c2nncn2C(C)C)n1. The Labute approximate surface area is 203 Å². The molecular formula is C26H27N9. The number of hydrazine groups is 1. The van der Waals surface area contributed by atoms with Crippen molar-refractivity contribution in [1.82, 2.24) is 25.2 Å². The van der Waals surface area contributed by atoms with Gasteiger partial charge in [0.15, 0.2) is 11.7 Å². The molecule has 176 valence electrons. The molecule has 0 unspecified atom stereocenters. The number of nitrogens with two attached hydrogens (primary N) is 2. The molecule has 0 atom stereocenters. The molecule has 0 saturated heterocycles. The fourth-order valence-corrected chi connectivity index (χ4v) is 4.31. The lowest BCUT2D eigenvalue weighted by molar-refractivity contribution is 0.603. The minimum atomic E-state index is 0.240. The van der Waals surface area contributed by atoms with E-state index in [1.807, 2.05) is 47.0 Å². The lowest BCUT2D eigenvalue weighted by atomic mass is 9.99. The Morgan fingerprint density at radius 2 is 1.86 bits per heavy atom. The van der Waals surface area contributed by atoms with Crippen LogP contribution in [-0.2, 0) is 6.54 Å². The summed E-state index contributed by atoms with van der Waals surface area (Å²) in [6.07, 6.45) is 1.74. The van der Waals surface area contributed by atoms with Gasteiger partial charge in [-0.2, -0.15) is 5.10 Å². The highest BCUT2D eigenvalue weighted by molar-refractivity contribution is 5.98. The van der Waals surface area contributed by atoms with Gasteiger partial charge in [-0.05, 0) is 48.7 Å². The minimum Gasteiger partial charge on any atom is -0.322 e. The number of amidine groups is 1. The summed E-state index contributed by atoms with van der Waals surface area (Å²) in [6, 6.07) is 20.5. The first kappa shape index (κ1) is 22.3. The topological polar surface area (TPSA) is 123 Å². The zero-order valence-corrected chi connectivity index (χ0v) is 19.7. The number of hydrogen-bond acceptors (Lipinski definition) is 7. The van der Waals surface area contributed by atoms with Gasteiger partial charge >= 0.3 is 0 Å². The number of benzene rings is 2. The summed E-state index contributed by atoms with van der Waals surface area (Å²) >= 11 is 0. The first-order valence-electron chi connectivity index (χ1n) is 11.3. The van der Waals surface area contributed by atoms with Crippen LogP contribution in [0.25, 0.3) is 28.3 Å². The Balaban J connectivity index is 1.43. The van der Waals surface area contributed by atoms with Crippen molar-refractivity contribution in [2.45, 2.75) is 26.4 Å². The quantitative estimate of drug-likeness (QED) is 0.178. The molecule has 0 bridgehead atoms. The Morgan fingerprint density at radius 3 is 2.57 bits per heavy atom. The molecule has 4 aromatic rings. The second-order valence-corrected chi connectivity index (χ2v) is 8.64. The second-order valence-electron chi connectivity index (χ2n) is 8.64. The summed E-state index contributed by atoms with van der Waals surface area (Å²) in [5.74, 6) is 12.9. The molecule has 0 radical (unpaired) electrons. The van der Waals surface area contributed by atoms with Crippen molar-refractivity contribution in [1.29, 1.82) is 0 Å². The molecule has 5 rings (SSSR count). The molecule has 9 heteroatoms. The Hall–Kier alpha value is -4.50. The van der Waals surface area contributed by atoms with E-state index in [9.17, 15) is 0 Å². The van der Waals surface area contributed by atoms with E-state index >= 15 is 0 Å². The molecule has 2 aromatic carbocycles. The van der Waals surface area contributed by atoms with Crippen LogP contribution in [0.5, 0.6) is 0 Å². The molecular weight excluding hydrogens is 438 g/mol. The van der Waals surface area contributed by atoms with Gasteiger partial charge < -0.3 is 20.7 Å². The van der Waals surface area contributed by atoms with Crippen LogP contribution in [0, 0.1) is 0 Å². The number of nitrogens with zero attached hydrogens (tertiary/aromatic N) is 6. The molecule has 2 aromatic heterocycles. The standard InChI is InChI=1S/C26H27N9/c1-16(2)35-15-29-33-26(35)23-5-4-6-24(30-23)34-14-21-12-11-20(13-22(21)17(34)3)18-7-9-19(10-8-18)25(31-27)32-28/h4-13,15-16H,3,14,27-28H2,1-2H3,(H,31,32). The highest BCUT2D eigenvalue weighted by atomic mass is 15.3. The van der Waals surface area contributed by atoms with Crippen LogP contribution in [0.15, 0.2) is 78.7 Å². The molecule has 1 aliphatic heterocycles. The third-order valence-electron chi connectivity index (χ3n) is 6.20.